The normalized spacial score (nSPS) is 11.3. The number of hydrogen-bond acceptors (Lipinski definition) is 4. The molecule has 0 heterocycles. The molecule has 2 aromatic carbocycles. The van der Waals surface area contributed by atoms with Gasteiger partial charge in [0.05, 0.1) is 12.0 Å². The minimum atomic E-state index is -3.56. The summed E-state index contributed by atoms with van der Waals surface area (Å²) in [5, 5.41) is 0. The van der Waals surface area contributed by atoms with E-state index in [9.17, 15) is 8.42 Å². The molecular formula is C17H21NO4S. The molecule has 0 unspecified atom stereocenters. The molecule has 0 aliphatic rings. The molecule has 5 nitrogen and oxygen atoms in total. The number of sulfonamides is 1. The molecule has 1 N–H and O–H groups in total. The first-order valence-corrected chi connectivity index (χ1v) is 8.74. The van der Waals surface area contributed by atoms with Crippen molar-refractivity contribution in [3.8, 4) is 11.5 Å². The molecule has 0 saturated carbocycles. The van der Waals surface area contributed by atoms with E-state index in [-0.39, 0.29) is 18.0 Å². The number of rotatable bonds is 7. The monoisotopic (exact) mass is 335 g/mol. The Kier molecular flexibility index (Phi) is 5.63. The molecule has 0 amide bonds. The summed E-state index contributed by atoms with van der Waals surface area (Å²) in [6.07, 6.45) is 0. The van der Waals surface area contributed by atoms with Crippen LogP contribution in [-0.4, -0.2) is 28.7 Å². The highest BCUT2D eigenvalue weighted by Crippen LogP contribution is 2.20. The van der Waals surface area contributed by atoms with Crippen molar-refractivity contribution in [2.24, 2.45) is 0 Å². The van der Waals surface area contributed by atoms with E-state index in [1.54, 1.807) is 26.2 Å². The van der Waals surface area contributed by atoms with Gasteiger partial charge in [0, 0.05) is 6.54 Å². The smallest absolute Gasteiger partial charge is 0.240 e. The number of benzene rings is 2. The van der Waals surface area contributed by atoms with Crippen molar-refractivity contribution in [2.45, 2.75) is 18.7 Å². The molecule has 0 aliphatic heterocycles. The summed E-state index contributed by atoms with van der Waals surface area (Å²) in [6.45, 7) is 4.19. The van der Waals surface area contributed by atoms with E-state index >= 15 is 0 Å². The third kappa shape index (κ3) is 4.71. The maximum Gasteiger partial charge on any atom is 0.240 e. The van der Waals surface area contributed by atoms with Crippen LogP contribution in [0.5, 0.6) is 11.5 Å². The Hall–Kier alpha value is -2.05. The molecule has 6 heteroatoms. The van der Waals surface area contributed by atoms with E-state index in [0.29, 0.717) is 11.3 Å². The predicted molar refractivity (Wildman–Crippen MR) is 89.6 cm³/mol. The number of ether oxygens (including phenoxy) is 2. The van der Waals surface area contributed by atoms with Crippen LogP contribution < -0.4 is 14.2 Å². The van der Waals surface area contributed by atoms with Gasteiger partial charge in [-0.25, -0.2) is 13.1 Å². The van der Waals surface area contributed by atoms with Crippen molar-refractivity contribution in [3.05, 3.63) is 53.6 Å². The van der Waals surface area contributed by atoms with Crippen molar-refractivity contribution < 1.29 is 17.9 Å². The second kappa shape index (κ2) is 7.48. The Morgan fingerprint density at radius 3 is 2.26 bits per heavy atom. The molecule has 0 radical (unpaired) electrons. The summed E-state index contributed by atoms with van der Waals surface area (Å²) in [7, 11) is -2.02. The highest BCUT2D eigenvalue weighted by molar-refractivity contribution is 7.89. The van der Waals surface area contributed by atoms with Crippen LogP contribution in [0.3, 0.4) is 0 Å². The van der Waals surface area contributed by atoms with Crippen LogP contribution in [0.2, 0.25) is 0 Å². The zero-order valence-electron chi connectivity index (χ0n) is 13.5. The fourth-order valence-corrected chi connectivity index (χ4v) is 3.35. The van der Waals surface area contributed by atoms with Crippen LogP contribution >= 0.6 is 0 Å². The van der Waals surface area contributed by atoms with Crippen molar-refractivity contribution >= 4 is 10.0 Å². The minimum absolute atomic E-state index is 0.196. The van der Waals surface area contributed by atoms with Crippen molar-refractivity contribution in [3.63, 3.8) is 0 Å². The second-order valence-corrected chi connectivity index (χ2v) is 6.93. The summed E-state index contributed by atoms with van der Waals surface area (Å²) in [4.78, 5) is 0.244. The number of methoxy groups -OCH3 is 1. The average molecular weight is 335 g/mol. The van der Waals surface area contributed by atoms with Gasteiger partial charge in [-0.05, 0) is 49.7 Å². The Bertz CT molecular complexity index is 755. The number of aryl methyl sites for hydroxylation is 2. The molecule has 0 aliphatic carbocycles. The first kappa shape index (κ1) is 17.3. The lowest BCUT2D eigenvalue weighted by atomic mass is 10.2. The quantitative estimate of drug-likeness (QED) is 0.790. The van der Waals surface area contributed by atoms with Gasteiger partial charge in [0.25, 0.3) is 0 Å². The first-order chi connectivity index (χ1) is 10.9. The Balaban J connectivity index is 1.92. The summed E-state index contributed by atoms with van der Waals surface area (Å²) in [6, 6.07) is 12.5. The van der Waals surface area contributed by atoms with Gasteiger partial charge in [-0.15, -0.1) is 0 Å². The van der Waals surface area contributed by atoms with Gasteiger partial charge in [-0.2, -0.15) is 0 Å². The fourth-order valence-electron chi connectivity index (χ4n) is 2.11. The van der Waals surface area contributed by atoms with Crippen molar-refractivity contribution in [2.75, 3.05) is 20.3 Å². The molecule has 0 fully saturated rings. The van der Waals surface area contributed by atoms with Crippen LogP contribution in [-0.2, 0) is 10.0 Å². The summed E-state index contributed by atoms with van der Waals surface area (Å²) in [5.41, 5.74) is 1.78. The maximum atomic E-state index is 12.3. The van der Waals surface area contributed by atoms with E-state index in [0.717, 1.165) is 11.3 Å². The largest absolute Gasteiger partial charge is 0.497 e. The van der Waals surface area contributed by atoms with Gasteiger partial charge in [0.2, 0.25) is 10.0 Å². The Morgan fingerprint density at radius 1 is 1.00 bits per heavy atom. The van der Waals surface area contributed by atoms with Gasteiger partial charge in [-0.1, -0.05) is 17.7 Å². The molecule has 0 atom stereocenters. The van der Waals surface area contributed by atoms with Crippen molar-refractivity contribution in [1.82, 2.24) is 4.72 Å². The van der Waals surface area contributed by atoms with Crippen LogP contribution in [0, 0.1) is 13.8 Å². The third-order valence-electron chi connectivity index (χ3n) is 3.36. The molecule has 23 heavy (non-hydrogen) atoms. The molecule has 0 spiro atoms. The van der Waals surface area contributed by atoms with E-state index < -0.39 is 10.0 Å². The van der Waals surface area contributed by atoms with Gasteiger partial charge < -0.3 is 9.47 Å². The third-order valence-corrected chi connectivity index (χ3v) is 4.98. The molecule has 2 rings (SSSR count). The molecule has 0 aromatic heterocycles. The molecule has 2 aromatic rings. The van der Waals surface area contributed by atoms with E-state index in [1.165, 1.54) is 6.07 Å². The van der Waals surface area contributed by atoms with E-state index in [4.69, 9.17) is 9.47 Å². The zero-order valence-corrected chi connectivity index (χ0v) is 14.3. The first-order valence-electron chi connectivity index (χ1n) is 7.26. The lowest BCUT2D eigenvalue weighted by Crippen LogP contribution is -2.28. The van der Waals surface area contributed by atoms with Crippen LogP contribution in [0.1, 0.15) is 11.1 Å². The molecule has 0 saturated heterocycles. The predicted octanol–water partition coefficient (Wildman–Crippen LogP) is 2.67. The van der Waals surface area contributed by atoms with Crippen LogP contribution in [0.25, 0.3) is 0 Å². The van der Waals surface area contributed by atoms with E-state index in [2.05, 4.69) is 4.72 Å². The van der Waals surface area contributed by atoms with Gasteiger partial charge in [0.15, 0.2) is 0 Å². The Morgan fingerprint density at radius 2 is 1.65 bits per heavy atom. The fraction of sp³-hybridized carbons (Fsp3) is 0.294. The summed E-state index contributed by atoms with van der Waals surface area (Å²) >= 11 is 0. The number of hydrogen-bond donors (Lipinski definition) is 1. The lowest BCUT2D eigenvalue weighted by Gasteiger charge is -2.11. The number of nitrogens with one attached hydrogen (secondary N) is 1. The molecule has 0 bridgehead atoms. The average Bonchev–Trinajstić information content (AvgIpc) is 2.53. The Labute approximate surface area is 137 Å². The van der Waals surface area contributed by atoms with Gasteiger partial charge >= 0.3 is 0 Å². The highest BCUT2D eigenvalue weighted by atomic mass is 32.2. The van der Waals surface area contributed by atoms with Gasteiger partial charge in [-0.3, -0.25) is 0 Å². The zero-order chi connectivity index (χ0) is 16.9. The van der Waals surface area contributed by atoms with Crippen molar-refractivity contribution in [1.29, 1.82) is 0 Å². The second-order valence-electron chi connectivity index (χ2n) is 5.19. The van der Waals surface area contributed by atoms with E-state index in [1.807, 2.05) is 31.2 Å². The highest BCUT2D eigenvalue weighted by Gasteiger charge is 2.16. The minimum Gasteiger partial charge on any atom is -0.497 e. The van der Waals surface area contributed by atoms with Gasteiger partial charge in [0.1, 0.15) is 18.1 Å². The van der Waals surface area contributed by atoms with Crippen LogP contribution in [0.15, 0.2) is 47.4 Å². The maximum absolute atomic E-state index is 12.3. The molecular weight excluding hydrogens is 314 g/mol. The van der Waals surface area contributed by atoms with Crippen LogP contribution in [0.4, 0.5) is 0 Å². The summed E-state index contributed by atoms with van der Waals surface area (Å²) in [5.74, 6) is 1.35. The standard InChI is InChI=1S/C17H21NO4S/c1-13-4-6-15(7-5-13)22-11-10-18-23(19,20)17-9-8-16(21-3)12-14(17)2/h4-9,12,18H,10-11H2,1-3H3. The SMILES string of the molecule is COc1ccc(S(=O)(=O)NCCOc2ccc(C)cc2)c(C)c1. The lowest BCUT2D eigenvalue weighted by molar-refractivity contribution is 0.323. The summed E-state index contributed by atoms with van der Waals surface area (Å²) < 4.78 is 37.7. The topological polar surface area (TPSA) is 64.6 Å². The molecule has 124 valence electrons.